The van der Waals surface area contributed by atoms with Crippen molar-refractivity contribution in [3.05, 3.63) is 53.2 Å². The molecule has 1 aliphatic heterocycles. The molecule has 0 spiro atoms. The van der Waals surface area contributed by atoms with E-state index in [2.05, 4.69) is 29.0 Å². The number of pyridine rings is 1. The van der Waals surface area contributed by atoms with Gasteiger partial charge in [0.2, 0.25) is 5.91 Å². The van der Waals surface area contributed by atoms with Crippen LogP contribution in [0.1, 0.15) is 30.5 Å². The molecule has 1 saturated heterocycles. The van der Waals surface area contributed by atoms with Crippen LogP contribution in [-0.4, -0.2) is 48.5 Å². The standard InChI is InChI=1S/C22H27F3N4O/c1-3-16-6-5-7-17(4-2)21(16)27-20(30)15-28-10-12-29(13-11-28)19-9-8-18(14-26-19)22(23,24)25/h5-9,14H,3-4,10-13,15H2,1-2H3,(H,27,30). The Labute approximate surface area is 174 Å². The minimum Gasteiger partial charge on any atom is -0.354 e. The van der Waals surface area contributed by atoms with E-state index in [1.807, 2.05) is 23.1 Å². The highest BCUT2D eigenvalue weighted by Crippen LogP contribution is 2.29. The Hall–Kier alpha value is -2.61. The number of nitrogens with zero attached hydrogens (tertiary/aromatic N) is 3. The van der Waals surface area contributed by atoms with Crippen LogP contribution in [-0.2, 0) is 23.8 Å². The van der Waals surface area contributed by atoms with Crippen LogP contribution in [0.15, 0.2) is 36.5 Å². The summed E-state index contributed by atoms with van der Waals surface area (Å²) in [5, 5.41) is 3.08. The lowest BCUT2D eigenvalue weighted by atomic mass is 10.0. The number of hydrogen-bond acceptors (Lipinski definition) is 4. The summed E-state index contributed by atoms with van der Waals surface area (Å²) in [7, 11) is 0. The number of nitrogens with one attached hydrogen (secondary N) is 1. The van der Waals surface area contributed by atoms with Gasteiger partial charge in [-0.2, -0.15) is 13.2 Å². The van der Waals surface area contributed by atoms with Crippen LogP contribution in [0.25, 0.3) is 0 Å². The zero-order valence-electron chi connectivity index (χ0n) is 17.3. The maximum Gasteiger partial charge on any atom is 0.417 e. The minimum absolute atomic E-state index is 0.0493. The number of aryl methyl sites for hydroxylation is 2. The van der Waals surface area contributed by atoms with Gasteiger partial charge in [0.25, 0.3) is 0 Å². The first-order valence-corrected chi connectivity index (χ1v) is 10.2. The van der Waals surface area contributed by atoms with Crippen LogP contribution in [0.4, 0.5) is 24.7 Å². The van der Waals surface area contributed by atoms with E-state index in [1.165, 1.54) is 6.07 Å². The molecule has 1 aromatic carbocycles. The Morgan fingerprint density at radius 2 is 1.67 bits per heavy atom. The molecule has 3 rings (SSSR count). The van der Waals surface area contributed by atoms with Gasteiger partial charge < -0.3 is 10.2 Å². The summed E-state index contributed by atoms with van der Waals surface area (Å²) < 4.78 is 38.1. The maximum absolute atomic E-state index is 12.7. The number of amides is 1. The van der Waals surface area contributed by atoms with E-state index >= 15 is 0 Å². The van der Waals surface area contributed by atoms with Gasteiger partial charge in [-0.15, -0.1) is 0 Å². The Balaban J connectivity index is 1.54. The Morgan fingerprint density at radius 3 is 2.17 bits per heavy atom. The Morgan fingerprint density at radius 1 is 1.03 bits per heavy atom. The minimum atomic E-state index is -4.38. The quantitative estimate of drug-likeness (QED) is 0.768. The molecule has 0 bridgehead atoms. The molecular weight excluding hydrogens is 393 g/mol. The average Bonchev–Trinajstić information content (AvgIpc) is 2.74. The van der Waals surface area contributed by atoms with Crippen molar-refractivity contribution in [1.82, 2.24) is 9.88 Å². The van der Waals surface area contributed by atoms with Crippen LogP contribution in [0.2, 0.25) is 0 Å². The van der Waals surface area contributed by atoms with Gasteiger partial charge in [0, 0.05) is 38.1 Å². The number of benzene rings is 1. The number of piperazine rings is 1. The molecule has 1 N–H and O–H groups in total. The van der Waals surface area contributed by atoms with E-state index in [1.54, 1.807) is 0 Å². The number of hydrogen-bond donors (Lipinski definition) is 1. The van der Waals surface area contributed by atoms with Crippen molar-refractivity contribution >= 4 is 17.4 Å². The molecule has 0 atom stereocenters. The number of halogens is 3. The molecule has 0 unspecified atom stereocenters. The van der Waals surface area contributed by atoms with Crippen LogP contribution in [0.3, 0.4) is 0 Å². The molecule has 30 heavy (non-hydrogen) atoms. The van der Waals surface area contributed by atoms with Gasteiger partial charge in [-0.05, 0) is 36.1 Å². The van der Waals surface area contributed by atoms with E-state index in [-0.39, 0.29) is 12.5 Å². The van der Waals surface area contributed by atoms with Gasteiger partial charge in [0.1, 0.15) is 5.82 Å². The zero-order chi connectivity index (χ0) is 21.7. The molecule has 162 valence electrons. The van der Waals surface area contributed by atoms with Gasteiger partial charge >= 0.3 is 6.18 Å². The fourth-order valence-corrected chi connectivity index (χ4v) is 3.66. The monoisotopic (exact) mass is 420 g/mol. The predicted molar refractivity (Wildman–Crippen MR) is 112 cm³/mol. The molecule has 2 aromatic rings. The smallest absolute Gasteiger partial charge is 0.354 e. The molecule has 1 amide bonds. The molecule has 0 radical (unpaired) electrons. The Bertz CT molecular complexity index is 837. The fraction of sp³-hybridized carbons (Fsp3) is 0.455. The van der Waals surface area contributed by atoms with Crippen molar-refractivity contribution in [1.29, 1.82) is 0 Å². The number of aromatic nitrogens is 1. The summed E-state index contributed by atoms with van der Waals surface area (Å²) in [6.07, 6.45) is -1.82. The highest BCUT2D eigenvalue weighted by molar-refractivity contribution is 5.93. The second-order valence-electron chi connectivity index (χ2n) is 7.37. The van der Waals surface area contributed by atoms with E-state index in [0.717, 1.165) is 41.9 Å². The van der Waals surface area contributed by atoms with Crippen LogP contribution < -0.4 is 10.2 Å². The maximum atomic E-state index is 12.7. The van der Waals surface area contributed by atoms with Gasteiger partial charge in [-0.3, -0.25) is 9.69 Å². The van der Waals surface area contributed by atoms with Crippen molar-refractivity contribution < 1.29 is 18.0 Å². The van der Waals surface area contributed by atoms with Crippen molar-refractivity contribution in [3.8, 4) is 0 Å². The number of alkyl halides is 3. The normalized spacial score (nSPS) is 15.3. The summed E-state index contributed by atoms with van der Waals surface area (Å²) in [5.41, 5.74) is 2.42. The highest BCUT2D eigenvalue weighted by Gasteiger charge is 2.31. The molecule has 1 fully saturated rings. The average molecular weight is 420 g/mol. The molecule has 1 aliphatic rings. The van der Waals surface area contributed by atoms with Gasteiger partial charge in [0.05, 0.1) is 12.1 Å². The first-order valence-electron chi connectivity index (χ1n) is 10.2. The lowest BCUT2D eigenvalue weighted by molar-refractivity contribution is -0.137. The van der Waals surface area contributed by atoms with Gasteiger partial charge in [-0.25, -0.2) is 4.98 Å². The van der Waals surface area contributed by atoms with Crippen molar-refractivity contribution in [3.63, 3.8) is 0 Å². The molecule has 5 nitrogen and oxygen atoms in total. The predicted octanol–water partition coefficient (Wildman–Crippen LogP) is 3.99. The first kappa shape index (κ1) is 22.1. The molecule has 1 aromatic heterocycles. The largest absolute Gasteiger partial charge is 0.417 e. The van der Waals surface area contributed by atoms with Gasteiger partial charge in [-0.1, -0.05) is 32.0 Å². The lowest BCUT2D eigenvalue weighted by Crippen LogP contribution is -2.49. The third-order valence-electron chi connectivity index (χ3n) is 5.40. The van der Waals surface area contributed by atoms with Crippen LogP contribution in [0, 0.1) is 0 Å². The number of para-hydroxylation sites is 1. The molecular formula is C22H27F3N4O. The molecule has 0 aliphatic carbocycles. The van der Waals surface area contributed by atoms with E-state index in [4.69, 9.17) is 0 Å². The summed E-state index contributed by atoms with van der Waals surface area (Å²) >= 11 is 0. The van der Waals surface area contributed by atoms with Crippen molar-refractivity contribution in [2.45, 2.75) is 32.9 Å². The van der Waals surface area contributed by atoms with Crippen molar-refractivity contribution in [2.24, 2.45) is 0 Å². The fourth-order valence-electron chi connectivity index (χ4n) is 3.66. The zero-order valence-corrected chi connectivity index (χ0v) is 17.3. The summed E-state index contributed by atoms with van der Waals surface area (Å²) in [6, 6.07) is 8.54. The number of anilines is 2. The third kappa shape index (κ3) is 5.30. The van der Waals surface area contributed by atoms with E-state index in [9.17, 15) is 18.0 Å². The summed E-state index contributed by atoms with van der Waals surface area (Å²) in [4.78, 5) is 20.6. The molecule has 8 heteroatoms. The number of carbonyl (C=O) groups is 1. The lowest BCUT2D eigenvalue weighted by Gasteiger charge is -2.35. The second kappa shape index (κ2) is 9.47. The number of rotatable bonds is 6. The van der Waals surface area contributed by atoms with E-state index in [0.29, 0.717) is 32.0 Å². The van der Waals surface area contributed by atoms with E-state index < -0.39 is 11.7 Å². The third-order valence-corrected chi connectivity index (χ3v) is 5.40. The topological polar surface area (TPSA) is 48.5 Å². The van der Waals surface area contributed by atoms with Gasteiger partial charge in [0.15, 0.2) is 0 Å². The first-order chi connectivity index (χ1) is 14.3. The van der Waals surface area contributed by atoms with Crippen molar-refractivity contribution in [2.75, 3.05) is 42.9 Å². The summed E-state index contributed by atoms with van der Waals surface area (Å²) in [5.74, 6) is 0.475. The van der Waals surface area contributed by atoms with Crippen LogP contribution >= 0.6 is 0 Å². The Kier molecular flexibility index (Phi) is 6.97. The molecule has 0 saturated carbocycles. The second-order valence-corrected chi connectivity index (χ2v) is 7.37. The molecule has 2 heterocycles. The summed E-state index contributed by atoms with van der Waals surface area (Å²) in [6.45, 7) is 6.93. The highest BCUT2D eigenvalue weighted by atomic mass is 19.4. The number of carbonyl (C=O) groups excluding carboxylic acids is 1. The SMILES string of the molecule is CCc1cccc(CC)c1NC(=O)CN1CCN(c2ccc(C(F)(F)F)cn2)CC1. The van der Waals surface area contributed by atoms with Crippen LogP contribution in [0.5, 0.6) is 0 Å².